The zero-order valence-corrected chi connectivity index (χ0v) is 14.8. The summed E-state index contributed by atoms with van der Waals surface area (Å²) in [7, 11) is 0. The van der Waals surface area contributed by atoms with Crippen LogP contribution in [-0.2, 0) is 4.74 Å². The molecule has 0 saturated carbocycles. The van der Waals surface area contributed by atoms with Crippen LogP contribution in [-0.4, -0.2) is 64.8 Å². The van der Waals surface area contributed by atoms with Crippen LogP contribution < -0.4 is 15.4 Å². The second-order valence-electron chi connectivity index (χ2n) is 5.47. The highest BCUT2D eigenvalue weighted by molar-refractivity contribution is 5.67. The summed E-state index contributed by atoms with van der Waals surface area (Å²) in [5.74, 6) is 0.893. The molecule has 2 heterocycles. The number of carbonyl (C=O) groups is 1. The van der Waals surface area contributed by atoms with E-state index in [2.05, 4.69) is 32.2 Å². The molecule has 1 saturated heterocycles. The van der Waals surface area contributed by atoms with Crippen LogP contribution >= 0.6 is 0 Å². The molecule has 1 aromatic rings. The first kappa shape index (κ1) is 18.8. The fourth-order valence-electron chi connectivity index (χ4n) is 2.46. The smallest absolute Gasteiger partial charge is 0.409 e. The molecule has 25 heavy (non-hydrogen) atoms. The quantitative estimate of drug-likeness (QED) is 0.686. The monoisotopic (exact) mass is 350 g/mol. The van der Waals surface area contributed by atoms with Gasteiger partial charge in [0.15, 0.2) is 0 Å². The third-order valence-electron chi connectivity index (χ3n) is 3.65. The Balaban J connectivity index is 1.96. The lowest BCUT2D eigenvalue weighted by Gasteiger charge is -2.31. The van der Waals surface area contributed by atoms with Crippen LogP contribution in [0.2, 0.25) is 0 Å². The van der Waals surface area contributed by atoms with Gasteiger partial charge in [-0.05, 0) is 26.7 Å². The molecule has 0 spiro atoms. The third kappa shape index (κ3) is 5.77. The average molecular weight is 350 g/mol. The third-order valence-corrected chi connectivity index (χ3v) is 3.65. The van der Waals surface area contributed by atoms with Gasteiger partial charge in [-0.1, -0.05) is 6.08 Å². The van der Waals surface area contributed by atoms with E-state index in [9.17, 15) is 4.79 Å². The highest BCUT2D eigenvalue weighted by atomic mass is 16.6. The van der Waals surface area contributed by atoms with E-state index in [1.54, 1.807) is 17.9 Å². The molecule has 1 aliphatic heterocycles. The molecule has 0 unspecified atom stereocenters. The number of amides is 1. The van der Waals surface area contributed by atoms with E-state index in [4.69, 9.17) is 9.47 Å². The molecule has 0 aliphatic carbocycles. The number of nitrogens with one attached hydrogen (secondary N) is 2. The lowest BCUT2D eigenvalue weighted by atomic mass is 10.1. The number of nitrogens with zero attached hydrogens (tertiary/aromatic N) is 4. The largest absolute Gasteiger partial charge is 0.464 e. The Morgan fingerprint density at radius 1 is 1.24 bits per heavy atom. The van der Waals surface area contributed by atoms with Crippen LogP contribution in [0.25, 0.3) is 0 Å². The van der Waals surface area contributed by atoms with E-state index in [0.717, 1.165) is 12.8 Å². The van der Waals surface area contributed by atoms with E-state index in [1.807, 2.05) is 6.92 Å². The summed E-state index contributed by atoms with van der Waals surface area (Å²) in [6.07, 6.45) is 3.06. The molecule has 1 amide bonds. The molecule has 0 aromatic carbocycles. The number of hydrogen-bond donors (Lipinski definition) is 2. The molecule has 1 fully saturated rings. The van der Waals surface area contributed by atoms with Gasteiger partial charge in [0.05, 0.1) is 13.2 Å². The standard InChI is InChI=1S/C16H26N6O3/c1-4-9-17-13-19-14(21-15(20-13)24-5-2)18-12-7-10-22(11-8-12)16(23)25-6-3/h4,12H,1,5-11H2,2-3H3,(H2,17,18,19,20,21). The number of aromatic nitrogens is 3. The van der Waals surface area contributed by atoms with Crippen LogP contribution in [0.15, 0.2) is 12.7 Å². The van der Waals surface area contributed by atoms with Crippen molar-refractivity contribution in [2.45, 2.75) is 32.7 Å². The Bertz CT molecular complexity index is 575. The zero-order valence-electron chi connectivity index (χ0n) is 14.8. The van der Waals surface area contributed by atoms with Crippen molar-refractivity contribution in [3.05, 3.63) is 12.7 Å². The van der Waals surface area contributed by atoms with Gasteiger partial charge in [0.1, 0.15) is 0 Å². The number of hydrogen-bond acceptors (Lipinski definition) is 8. The van der Waals surface area contributed by atoms with Crippen molar-refractivity contribution >= 4 is 18.0 Å². The summed E-state index contributed by atoms with van der Waals surface area (Å²) in [6, 6.07) is 0.449. The first-order valence-corrected chi connectivity index (χ1v) is 8.58. The lowest BCUT2D eigenvalue weighted by molar-refractivity contribution is 0.0983. The normalized spacial score (nSPS) is 14.7. The van der Waals surface area contributed by atoms with Gasteiger partial charge in [-0.25, -0.2) is 4.79 Å². The van der Waals surface area contributed by atoms with Gasteiger partial charge < -0.3 is 25.0 Å². The second kappa shape index (κ2) is 9.65. The minimum Gasteiger partial charge on any atom is -0.464 e. The van der Waals surface area contributed by atoms with Gasteiger partial charge in [-0.2, -0.15) is 15.0 Å². The van der Waals surface area contributed by atoms with Crippen LogP contribution in [0, 0.1) is 0 Å². The van der Waals surface area contributed by atoms with Gasteiger partial charge in [0.25, 0.3) is 0 Å². The average Bonchev–Trinajstić information content (AvgIpc) is 2.61. The van der Waals surface area contributed by atoms with E-state index in [-0.39, 0.29) is 18.1 Å². The molecule has 1 aromatic heterocycles. The van der Waals surface area contributed by atoms with Crippen molar-refractivity contribution in [3.63, 3.8) is 0 Å². The molecule has 1 aliphatic rings. The van der Waals surface area contributed by atoms with E-state index in [0.29, 0.717) is 44.7 Å². The van der Waals surface area contributed by atoms with Crippen LogP contribution in [0.1, 0.15) is 26.7 Å². The lowest BCUT2D eigenvalue weighted by Crippen LogP contribution is -2.42. The van der Waals surface area contributed by atoms with E-state index in [1.165, 1.54) is 0 Å². The fraction of sp³-hybridized carbons (Fsp3) is 0.625. The van der Waals surface area contributed by atoms with E-state index < -0.39 is 0 Å². The maximum atomic E-state index is 11.7. The van der Waals surface area contributed by atoms with Crippen molar-refractivity contribution in [1.82, 2.24) is 19.9 Å². The first-order valence-electron chi connectivity index (χ1n) is 8.58. The molecule has 2 rings (SSSR count). The second-order valence-corrected chi connectivity index (χ2v) is 5.47. The van der Waals surface area contributed by atoms with Gasteiger partial charge >= 0.3 is 12.1 Å². The van der Waals surface area contributed by atoms with Gasteiger partial charge in [0, 0.05) is 25.7 Å². The summed E-state index contributed by atoms with van der Waals surface area (Å²) in [4.78, 5) is 26.3. The topological polar surface area (TPSA) is 102 Å². The predicted octanol–water partition coefficient (Wildman–Crippen LogP) is 1.90. The zero-order chi connectivity index (χ0) is 18.1. The van der Waals surface area contributed by atoms with Crippen molar-refractivity contribution < 1.29 is 14.3 Å². The fourth-order valence-corrected chi connectivity index (χ4v) is 2.46. The summed E-state index contributed by atoms with van der Waals surface area (Å²) in [5.41, 5.74) is 0. The molecule has 0 radical (unpaired) electrons. The summed E-state index contributed by atoms with van der Waals surface area (Å²) >= 11 is 0. The number of piperidine rings is 1. The Labute approximate surface area is 147 Å². The van der Waals surface area contributed by atoms with Crippen molar-refractivity contribution in [1.29, 1.82) is 0 Å². The van der Waals surface area contributed by atoms with Crippen molar-refractivity contribution in [3.8, 4) is 6.01 Å². The highest BCUT2D eigenvalue weighted by Gasteiger charge is 2.24. The number of anilines is 2. The number of rotatable bonds is 8. The summed E-state index contributed by atoms with van der Waals surface area (Å²) < 4.78 is 10.4. The predicted molar refractivity (Wildman–Crippen MR) is 94.9 cm³/mol. The molecule has 138 valence electrons. The van der Waals surface area contributed by atoms with Crippen LogP contribution in [0.5, 0.6) is 6.01 Å². The molecule has 9 heteroatoms. The Morgan fingerprint density at radius 2 is 1.96 bits per heavy atom. The minimum atomic E-state index is -0.254. The van der Waals surface area contributed by atoms with Gasteiger partial charge in [0.2, 0.25) is 11.9 Å². The Morgan fingerprint density at radius 3 is 2.60 bits per heavy atom. The number of ether oxygens (including phenoxy) is 2. The van der Waals surface area contributed by atoms with Crippen molar-refractivity contribution in [2.75, 3.05) is 43.5 Å². The van der Waals surface area contributed by atoms with Gasteiger partial charge in [-0.15, -0.1) is 6.58 Å². The SMILES string of the molecule is C=CCNc1nc(NC2CCN(C(=O)OCC)CC2)nc(OCC)n1. The minimum absolute atomic E-state index is 0.176. The molecule has 0 atom stereocenters. The number of likely N-dealkylation sites (tertiary alicyclic amines) is 1. The van der Waals surface area contributed by atoms with E-state index >= 15 is 0 Å². The molecule has 9 nitrogen and oxygen atoms in total. The highest BCUT2D eigenvalue weighted by Crippen LogP contribution is 2.17. The summed E-state index contributed by atoms with van der Waals surface area (Å²) in [6.45, 7) is 10.0. The van der Waals surface area contributed by atoms with Gasteiger partial charge in [-0.3, -0.25) is 0 Å². The maximum Gasteiger partial charge on any atom is 0.409 e. The van der Waals surface area contributed by atoms with Crippen LogP contribution in [0.3, 0.4) is 0 Å². The molecule has 2 N–H and O–H groups in total. The molecular formula is C16H26N6O3. The maximum absolute atomic E-state index is 11.7. The summed E-state index contributed by atoms with van der Waals surface area (Å²) in [5, 5.41) is 6.34. The van der Waals surface area contributed by atoms with Crippen LogP contribution in [0.4, 0.5) is 16.7 Å². The molecule has 0 bridgehead atoms. The first-order chi connectivity index (χ1) is 12.2. The Kier molecular flexibility index (Phi) is 7.24. The van der Waals surface area contributed by atoms with Crippen molar-refractivity contribution in [2.24, 2.45) is 0 Å². The Hall–Kier alpha value is -2.58. The number of carbonyl (C=O) groups excluding carboxylic acids is 1. The molecular weight excluding hydrogens is 324 g/mol.